The van der Waals surface area contributed by atoms with Gasteiger partial charge < -0.3 is 14.9 Å². The van der Waals surface area contributed by atoms with Crippen molar-refractivity contribution in [1.82, 2.24) is 0 Å². The van der Waals surface area contributed by atoms with E-state index in [9.17, 15) is 19.8 Å². The molecule has 1 atom stereocenters. The second kappa shape index (κ2) is 9.43. The second-order valence-corrected chi connectivity index (χ2v) is 7.09. The molecule has 1 aliphatic rings. The Labute approximate surface area is 173 Å². The zero-order valence-electron chi connectivity index (χ0n) is 15.7. The van der Waals surface area contributed by atoms with Crippen LogP contribution in [0.4, 0.5) is 0 Å². The molecule has 3 rings (SSSR count). The van der Waals surface area contributed by atoms with E-state index in [-0.39, 0.29) is 28.4 Å². The average molecular weight is 413 g/mol. The smallest absolute Gasteiger partial charge is 0.342 e. The van der Waals surface area contributed by atoms with E-state index in [1.807, 2.05) is 42.5 Å². The number of ketones is 1. The molecule has 0 radical (unpaired) electrons. The Morgan fingerprint density at radius 1 is 0.966 bits per heavy atom. The quantitative estimate of drug-likeness (QED) is 0.505. The number of benzene rings is 2. The molecule has 2 aromatic rings. The van der Waals surface area contributed by atoms with E-state index in [2.05, 4.69) is 0 Å². The lowest BCUT2D eigenvalue weighted by molar-refractivity contribution is -0.114. The number of hydrogen-bond donors (Lipinski definition) is 2. The third-order valence-corrected chi connectivity index (χ3v) is 5.04. The number of esters is 1. The number of carbonyl (C=O) groups excluding carboxylic acids is 2. The minimum atomic E-state index is -0.810. The second-order valence-electron chi connectivity index (χ2n) is 6.72. The lowest BCUT2D eigenvalue weighted by atomic mass is 9.99. The number of rotatable bonds is 1. The van der Waals surface area contributed by atoms with E-state index >= 15 is 0 Å². The predicted molar refractivity (Wildman–Crippen MR) is 110 cm³/mol. The average Bonchev–Trinajstić information content (AvgIpc) is 2.70. The first-order valence-electron chi connectivity index (χ1n) is 9.31. The number of aromatic hydroxyl groups is 2. The summed E-state index contributed by atoms with van der Waals surface area (Å²) < 4.78 is 5.70. The molecule has 0 amide bonds. The van der Waals surface area contributed by atoms with Gasteiger partial charge in [-0.1, -0.05) is 60.2 Å². The molecule has 29 heavy (non-hydrogen) atoms. The molecule has 150 valence electrons. The predicted octanol–water partition coefficient (Wildman–Crippen LogP) is 5.06. The number of carbonyl (C=O) groups is 2. The van der Waals surface area contributed by atoms with E-state index in [0.29, 0.717) is 12.8 Å². The van der Waals surface area contributed by atoms with Gasteiger partial charge in [-0.3, -0.25) is 4.79 Å². The van der Waals surface area contributed by atoms with Gasteiger partial charge in [-0.05, 0) is 24.5 Å². The Kier molecular flexibility index (Phi) is 6.73. The summed E-state index contributed by atoms with van der Waals surface area (Å²) >= 11 is 6.16. The third kappa shape index (κ3) is 5.06. The fourth-order valence-electron chi connectivity index (χ4n) is 3.16. The van der Waals surface area contributed by atoms with Crippen LogP contribution in [0, 0.1) is 0 Å². The van der Waals surface area contributed by atoms with Crippen molar-refractivity contribution in [2.24, 2.45) is 0 Å². The van der Waals surface area contributed by atoms with Crippen molar-refractivity contribution in [1.29, 1.82) is 0 Å². The van der Waals surface area contributed by atoms with Crippen molar-refractivity contribution in [3.05, 3.63) is 82.4 Å². The van der Waals surface area contributed by atoms with Crippen molar-refractivity contribution in [3.8, 4) is 11.5 Å². The molecule has 0 saturated heterocycles. The first kappa shape index (κ1) is 20.7. The molecule has 0 fully saturated rings. The number of phenols is 2. The molecule has 1 heterocycles. The number of phenolic OH excluding ortho intramolecular Hbond substituents is 2. The van der Waals surface area contributed by atoms with Crippen LogP contribution in [0.3, 0.4) is 0 Å². The highest BCUT2D eigenvalue weighted by atomic mass is 35.5. The minimum absolute atomic E-state index is 0.0447. The zero-order valence-corrected chi connectivity index (χ0v) is 16.4. The summed E-state index contributed by atoms with van der Waals surface area (Å²) in [6, 6.07) is 10.2. The molecule has 6 heteroatoms. The highest BCUT2D eigenvalue weighted by Crippen LogP contribution is 2.38. The van der Waals surface area contributed by atoms with E-state index in [4.69, 9.17) is 16.3 Å². The fraction of sp³-hybridized carbons (Fsp3) is 0.217. The number of hydrogen-bond acceptors (Lipinski definition) is 5. The molecule has 1 aliphatic heterocycles. The van der Waals surface area contributed by atoms with Crippen LogP contribution in [-0.2, 0) is 16.0 Å². The summed E-state index contributed by atoms with van der Waals surface area (Å²) in [5, 5.41) is 20.1. The summed E-state index contributed by atoms with van der Waals surface area (Å²) in [4.78, 5) is 25.3. The Balaban J connectivity index is 2.06. The fourth-order valence-corrected chi connectivity index (χ4v) is 3.38. The van der Waals surface area contributed by atoms with Crippen LogP contribution in [-0.4, -0.2) is 22.0 Å². The third-order valence-electron chi connectivity index (χ3n) is 4.62. The Morgan fingerprint density at radius 3 is 2.45 bits per heavy atom. The van der Waals surface area contributed by atoms with Gasteiger partial charge in [-0.2, -0.15) is 0 Å². The maximum absolute atomic E-state index is 13.0. The monoisotopic (exact) mass is 412 g/mol. The minimum Gasteiger partial charge on any atom is -0.507 e. The molecule has 0 aromatic heterocycles. The van der Waals surface area contributed by atoms with Crippen molar-refractivity contribution < 1.29 is 24.5 Å². The molecule has 0 saturated carbocycles. The normalized spacial score (nSPS) is 18.0. The van der Waals surface area contributed by atoms with Crippen LogP contribution in [0.2, 0.25) is 5.02 Å². The molecule has 0 bridgehead atoms. The van der Waals surface area contributed by atoms with Crippen molar-refractivity contribution >= 4 is 23.4 Å². The zero-order chi connectivity index (χ0) is 20.8. The SMILES string of the molecule is O=C1C=CCCC=CC[C@@H](c2ccccc2)OC(=O)c2c(O)cc(O)c(Cl)c2C1. The first-order valence-corrected chi connectivity index (χ1v) is 9.68. The van der Waals surface area contributed by atoms with E-state index in [1.165, 1.54) is 6.08 Å². The topological polar surface area (TPSA) is 83.8 Å². The Morgan fingerprint density at radius 2 is 1.69 bits per heavy atom. The highest BCUT2D eigenvalue weighted by Gasteiger charge is 2.27. The number of halogens is 1. The number of cyclic esters (lactones) is 1. The maximum Gasteiger partial charge on any atom is 0.342 e. The molecular formula is C23H21ClO5. The Bertz CT molecular complexity index is 963. The van der Waals surface area contributed by atoms with Gasteiger partial charge in [0.1, 0.15) is 23.2 Å². The summed E-state index contributed by atoms with van der Waals surface area (Å²) in [5.74, 6) is -2.00. The van der Waals surface area contributed by atoms with Gasteiger partial charge in [0.2, 0.25) is 0 Å². The molecule has 0 spiro atoms. The molecule has 2 aromatic carbocycles. The number of ether oxygens (including phenoxy) is 1. The van der Waals surface area contributed by atoms with Crippen LogP contribution in [0.5, 0.6) is 11.5 Å². The van der Waals surface area contributed by atoms with Crippen LogP contribution >= 0.6 is 11.6 Å². The van der Waals surface area contributed by atoms with Gasteiger partial charge in [-0.15, -0.1) is 0 Å². The van der Waals surface area contributed by atoms with Crippen LogP contribution in [0.1, 0.15) is 46.9 Å². The summed E-state index contributed by atoms with van der Waals surface area (Å²) in [5.41, 5.74) is 0.638. The number of fused-ring (bicyclic) bond motifs is 1. The summed E-state index contributed by atoms with van der Waals surface area (Å²) in [6.45, 7) is 0. The molecular weight excluding hydrogens is 392 g/mol. The highest BCUT2D eigenvalue weighted by molar-refractivity contribution is 6.33. The maximum atomic E-state index is 13.0. The number of allylic oxidation sites excluding steroid dienone is 3. The van der Waals surface area contributed by atoms with Gasteiger partial charge in [0.25, 0.3) is 0 Å². The molecule has 0 unspecified atom stereocenters. The van der Waals surface area contributed by atoms with Gasteiger partial charge in [0.05, 0.1) is 5.02 Å². The first-order chi connectivity index (χ1) is 14.0. The summed E-state index contributed by atoms with van der Waals surface area (Å²) in [7, 11) is 0. The Hall–Kier alpha value is -3.05. The van der Waals surface area contributed by atoms with Gasteiger partial charge in [0.15, 0.2) is 5.78 Å². The van der Waals surface area contributed by atoms with Crippen LogP contribution in [0.15, 0.2) is 60.7 Å². The standard InChI is InChI=1S/C23H21ClO5/c24-22-17-13-16(25)11-7-2-1-3-8-12-20(15-9-5-4-6-10-15)29-23(28)21(17)18(26)14-19(22)27/h3-11,14,20,26-27H,1-2,12-13H2/t20-/m0/s1. The molecule has 2 N–H and O–H groups in total. The van der Waals surface area contributed by atoms with Crippen molar-refractivity contribution in [3.63, 3.8) is 0 Å². The van der Waals surface area contributed by atoms with E-state index < -0.39 is 23.6 Å². The lowest BCUT2D eigenvalue weighted by Crippen LogP contribution is -2.15. The van der Waals surface area contributed by atoms with E-state index in [1.54, 1.807) is 6.08 Å². The van der Waals surface area contributed by atoms with Crippen LogP contribution in [0.25, 0.3) is 0 Å². The van der Waals surface area contributed by atoms with Gasteiger partial charge >= 0.3 is 5.97 Å². The molecule has 5 nitrogen and oxygen atoms in total. The largest absolute Gasteiger partial charge is 0.507 e. The van der Waals surface area contributed by atoms with Gasteiger partial charge in [-0.25, -0.2) is 4.79 Å². The summed E-state index contributed by atoms with van der Waals surface area (Å²) in [6.07, 6.45) is 8.15. The molecule has 0 aliphatic carbocycles. The van der Waals surface area contributed by atoms with Crippen molar-refractivity contribution in [2.75, 3.05) is 0 Å². The van der Waals surface area contributed by atoms with Gasteiger partial charge in [0, 0.05) is 24.5 Å². The van der Waals surface area contributed by atoms with Crippen LogP contribution < -0.4 is 0 Å². The van der Waals surface area contributed by atoms with Crippen molar-refractivity contribution in [2.45, 2.75) is 31.8 Å². The lowest BCUT2D eigenvalue weighted by Gasteiger charge is -2.19. The van der Waals surface area contributed by atoms with E-state index in [0.717, 1.165) is 18.1 Å².